The van der Waals surface area contributed by atoms with E-state index < -0.39 is 0 Å². The van der Waals surface area contributed by atoms with Crippen LogP contribution >= 0.6 is 11.6 Å². The minimum atomic E-state index is 0.473. The number of hydrogen-bond donors (Lipinski definition) is 1. The lowest BCUT2D eigenvalue weighted by molar-refractivity contribution is 0.410. The fourth-order valence-corrected chi connectivity index (χ4v) is 1.23. The highest BCUT2D eigenvalue weighted by molar-refractivity contribution is 6.31. The summed E-state index contributed by atoms with van der Waals surface area (Å²) in [6.07, 6.45) is 0. The Morgan fingerprint density at radius 1 is 1.50 bits per heavy atom. The fourth-order valence-electron chi connectivity index (χ4n) is 1.07. The number of ether oxygens (including phenoxy) is 1. The zero-order valence-corrected chi connectivity index (χ0v) is 7.98. The molecule has 0 amide bonds. The van der Waals surface area contributed by atoms with E-state index >= 15 is 0 Å². The Bertz CT molecular complexity index is 257. The summed E-state index contributed by atoms with van der Waals surface area (Å²) in [5.74, 6) is 0.758. The molecule has 12 heavy (non-hydrogen) atoms. The van der Waals surface area contributed by atoms with Gasteiger partial charge in [0.1, 0.15) is 5.75 Å². The predicted octanol–water partition coefficient (Wildman–Crippen LogP) is 2.12. The Hall–Kier alpha value is -0.730. The third kappa shape index (κ3) is 1.71. The van der Waals surface area contributed by atoms with Crippen molar-refractivity contribution in [3.63, 3.8) is 0 Å². The van der Waals surface area contributed by atoms with Crippen molar-refractivity contribution < 1.29 is 4.74 Å². The second-order valence-corrected chi connectivity index (χ2v) is 3.02. The molecular formula is C9H12ClNO. The molecule has 0 heterocycles. The topological polar surface area (TPSA) is 35.2 Å². The van der Waals surface area contributed by atoms with Crippen molar-refractivity contribution in [3.8, 4) is 5.75 Å². The zero-order valence-electron chi connectivity index (χ0n) is 7.23. The summed E-state index contributed by atoms with van der Waals surface area (Å²) in [6, 6.07) is 3.74. The molecule has 1 rings (SSSR count). The zero-order chi connectivity index (χ0) is 9.14. The first-order valence-electron chi connectivity index (χ1n) is 3.72. The van der Waals surface area contributed by atoms with Crippen LogP contribution in [0, 0.1) is 6.92 Å². The molecule has 0 spiro atoms. The lowest BCUT2D eigenvalue weighted by Gasteiger charge is -2.08. The maximum atomic E-state index is 5.90. The number of rotatable bonds is 2. The normalized spacial score (nSPS) is 10.0. The van der Waals surface area contributed by atoms with Crippen LogP contribution in [0.25, 0.3) is 0 Å². The van der Waals surface area contributed by atoms with Crippen LogP contribution in [0.5, 0.6) is 5.75 Å². The van der Waals surface area contributed by atoms with Gasteiger partial charge in [0.25, 0.3) is 0 Å². The standard InChI is InChI=1S/C9H12ClNO/c1-6-3-7(5-11)9(12-2)4-8(6)10/h3-4H,5,11H2,1-2H3. The molecule has 0 fully saturated rings. The molecule has 2 nitrogen and oxygen atoms in total. The van der Waals surface area contributed by atoms with Crippen molar-refractivity contribution in [2.24, 2.45) is 5.73 Å². The summed E-state index contributed by atoms with van der Waals surface area (Å²) in [5, 5.41) is 0.712. The first-order chi connectivity index (χ1) is 5.69. The van der Waals surface area contributed by atoms with Crippen LogP contribution in [0.15, 0.2) is 12.1 Å². The van der Waals surface area contributed by atoms with Crippen LogP contribution in [0.4, 0.5) is 0 Å². The van der Waals surface area contributed by atoms with Crippen LogP contribution in [-0.2, 0) is 6.54 Å². The highest BCUT2D eigenvalue weighted by atomic mass is 35.5. The molecule has 3 heteroatoms. The quantitative estimate of drug-likeness (QED) is 0.766. The summed E-state index contributed by atoms with van der Waals surface area (Å²) in [7, 11) is 1.61. The number of halogens is 1. The minimum absolute atomic E-state index is 0.473. The molecule has 0 unspecified atom stereocenters. The van der Waals surface area contributed by atoms with Gasteiger partial charge in [0, 0.05) is 17.1 Å². The third-order valence-corrected chi connectivity index (χ3v) is 2.19. The average molecular weight is 186 g/mol. The van der Waals surface area contributed by atoms with Gasteiger partial charge < -0.3 is 10.5 Å². The number of nitrogens with two attached hydrogens (primary N) is 1. The second kappa shape index (κ2) is 3.78. The molecule has 0 saturated carbocycles. The molecule has 1 aromatic carbocycles. The van der Waals surface area contributed by atoms with Gasteiger partial charge in [0.15, 0.2) is 0 Å². The average Bonchev–Trinajstić information content (AvgIpc) is 2.09. The first kappa shape index (κ1) is 9.36. The Labute approximate surface area is 77.3 Å². The van der Waals surface area contributed by atoms with Gasteiger partial charge in [-0.2, -0.15) is 0 Å². The molecule has 0 aliphatic heterocycles. The van der Waals surface area contributed by atoms with Crippen molar-refractivity contribution >= 4 is 11.6 Å². The van der Waals surface area contributed by atoms with E-state index in [0.29, 0.717) is 11.6 Å². The van der Waals surface area contributed by atoms with Gasteiger partial charge in [-0.3, -0.25) is 0 Å². The molecule has 0 aromatic heterocycles. The number of benzene rings is 1. The van der Waals surface area contributed by atoms with E-state index in [1.807, 2.05) is 13.0 Å². The maximum absolute atomic E-state index is 5.90. The smallest absolute Gasteiger partial charge is 0.124 e. The SMILES string of the molecule is COc1cc(Cl)c(C)cc1CN. The molecular weight excluding hydrogens is 174 g/mol. The van der Waals surface area contributed by atoms with E-state index in [1.165, 1.54) is 0 Å². The van der Waals surface area contributed by atoms with Gasteiger partial charge >= 0.3 is 0 Å². The minimum Gasteiger partial charge on any atom is -0.496 e. The number of methoxy groups -OCH3 is 1. The first-order valence-corrected chi connectivity index (χ1v) is 4.10. The Kier molecular flexibility index (Phi) is 2.95. The summed E-state index contributed by atoms with van der Waals surface area (Å²) < 4.78 is 5.11. The molecule has 0 bridgehead atoms. The molecule has 2 N–H and O–H groups in total. The van der Waals surface area contributed by atoms with E-state index in [2.05, 4.69) is 0 Å². The number of aryl methyl sites for hydroxylation is 1. The van der Waals surface area contributed by atoms with Crippen molar-refractivity contribution in [2.75, 3.05) is 7.11 Å². The Balaban J connectivity index is 3.19. The second-order valence-electron chi connectivity index (χ2n) is 2.62. The van der Waals surface area contributed by atoms with Crippen molar-refractivity contribution in [3.05, 3.63) is 28.3 Å². The van der Waals surface area contributed by atoms with Crippen LogP contribution in [-0.4, -0.2) is 7.11 Å². The summed E-state index contributed by atoms with van der Waals surface area (Å²) in [5.41, 5.74) is 7.53. The summed E-state index contributed by atoms with van der Waals surface area (Å²) in [4.78, 5) is 0. The van der Waals surface area contributed by atoms with Crippen LogP contribution in [0.2, 0.25) is 5.02 Å². The number of hydrogen-bond acceptors (Lipinski definition) is 2. The van der Waals surface area contributed by atoms with Gasteiger partial charge in [-0.25, -0.2) is 0 Å². The molecule has 0 atom stereocenters. The van der Waals surface area contributed by atoms with E-state index in [-0.39, 0.29) is 0 Å². The highest BCUT2D eigenvalue weighted by Crippen LogP contribution is 2.26. The van der Waals surface area contributed by atoms with E-state index in [4.69, 9.17) is 22.1 Å². The molecule has 0 aliphatic carbocycles. The Morgan fingerprint density at radius 3 is 2.67 bits per heavy atom. The lowest BCUT2D eigenvalue weighted by atomic mass is 10.1. The largest absolute Gasteiger partial charge is 0.496 e. The molecule has 66 valence electrons. The van der Waals surface area contributed by atoms with Gasteiger partial charge in [0.05, 0.1) is 7.11 Å². The van der Waals surface area contributed by atoms with Gasteiger partial charge in [-0.1, -0.05) is 11.6 Å². The summed E-state index contributed by atoms with van der Waals surface area (Å²) >= 11 is 5.90. The van der Waals surface area contributed by atoms with E-state index in [1.54, 1.807) is 13.2 Å². The third-order valence-electron chi connectivity index (χ3n) is 1.78. The molecule has 1 aromatic rings. The lowest BCUT2D eigenvalue weighted by Crippen LogP contribution is -2.00. The monoisotopic (exact) mass is 185 g/mol. The Morgan fingerprint density at radius 2 is 2.17 bits per heavy atom. The molecule has 0 radical (unpaired) electrons. The van der Waals surface area contributed by atoms with Crippen LogP contribution in [0.3, 0.4) is 0 Å². The van der Waals surface area contributed by atoms with Gasteiger partial charge in [-0.05, 0) is 24.6 Å². The van der Waals surface area contributed by atoms with Crippen molar-refractivity contribution in [2.45, 2.75) is 13.5 Å². The van der Waals surface area contributed by atoms with Crippen LogP contribution in [0.1, 0.15) is 11.1 Å². The van der Waals surface area contributed by atoms with Crippen molar-refractivity contribution in [1.29, 1.82) is 0 Å². The fraction of sp³-hybridized carbons (Fsp3) is 0.333. The molecule has 0 aliphatic rings. The summed E-state index contributed by atoms with van der Waals surface area (Å²) in [6.45, 7) is 2.42. The predicted molar refractivity (Wildman–Crippen MR) is 50.6 cm³/mol. The van der Waals surface area contributed by atoms with Gasteiger partial charge in [-0.15, -0.1) is 0 Å². The maximum Gasteiger partial charge on any atom is 0.124 e. The van der Waals surface area contributed by atoms with E-state index in [0.717, 1.165) is 16.9 Å². The van der Waals surface area contributed by atoms with Gasteiger partial charge in [0.2, 0.25) is 0 Å². The van der Waals surface area contributed by atoms with E-state index in [9.17, 15) is 0 Å². The highest BCUT2D eigenvalue weighted by Gasteiger charge is 2.04. The molecule has 0 saturated heterocycles. The van der Waals surface area contributed by atoms with Crippen molar-refractivity contribution in [1.82, 2.24) is 0 Å². The van der Waals surface area contributed by atoms with Crippen LogP contribution < -0.4 is 10.5 Å².